The molecule has 0 bridgehead atoms. The highest BCUT2D eigenvalue weighted by molar-refractivity contribution is 5.89. The van der Waals surface area contributed by atoms with Crippen LogP contribution in [0.3, 0.4) is 0 Å². The molecule has 2 amide bonds. The zero-order valence-corrected chi connectivity index (χ0v) is 11.6. The fourth-order valence-electron chi connectivity index (χ4n) is 1.89. The summed E-state index contributed by atoms with van der Waals surface area (Å²) in [4.78, 5) is 11.7. The number of aliphatic hydroxyl groups is 1. The van der Waals surface area contributed by atoms with Crippen molar-refractivity contribution in [1.82, 2.24) is 5.32 Å². The Bertz CT molecular complexity index is 614. The third-order valence-electron chi connectivity index (χ3n) is 2.99. The minimum Gasteiger partial charge on any atom is -0.387 e. The summed E-state index contributed by atoms with van der Waals surface area (Å²) < 4.78 is 12.8. The first-order chi connectivity index (χ1) is 10.0. The lowest BCUT2D eigenvalue weighted by Crippen LogP contribution is -2.32. The van der Waals surface area contributed by atoms with Gasteiger partial charge in [-0.3, -0.25) is 0 Å². The van der Waals surface area contributed by atoms with Crippen molar-refractivity contribution in [3.63, 3.8) is 0 Å². The highest BCUT2D eigenvalue weighted by Gasteiger charge is 2.09. The van der Waals surface area contributed by atoms with E-state index in [0.29, 0.717) is 11.3 Å². The van der Waals surface area contributed by atoms with Gasteiger partial charge in [-0.25, -0.2) is 9.18 Å². The molecule has 2 aromatic carbocycles. The second kappa shape index (κ2) is 6.85. The number of aryl methyl sites for hydroxylation is 1. The molecule has 0 fully saturated rings. The number of carbonyl (C=O) groups is 1. The van der Waals surface area contributed by atoms with Gasteiger partial charge in [0, 0.05) is 12.2 Å². The lowest BCUT2D eigenvalue weighted by atomic mass is 10.1. The first-order valence-electron chi connectivity index (χ1n) is 6.59. The van der Waals surface area contributed by atoms with Crippen molar-refractivity contribution in [2.45, 2.75) is 13.0 Å². The number of halogens is 1. The maximum atomic E-state index is 12.8. The molecule has 2 rings (SSSR count). The smallest absolute Gasteiger partial charge is 0.319 e. The molecular weight excluding hydrogens is 271 g/mol. The molecule has 0 radical (unpaired) electrons. The standard InChI is InChI=1S/C16H17FN2O2/c1-11-3-2-4-14(9-11)19-16(21)18-10-15(20)12-5-7-13(17)8-6-12/h2-9,15,20H,10H2,1H3,(H2,18,19,21)/t15-/m1/s1. The minimum absolute atomic E-state index is 0.0449. The number of anilines is 1. The summed E-state index contributed by atoms with van der Waals surface area (Å²) in [5, 5.41) is 15.2. The van der Waals surface area contributed by atoms with Gasteiger partial charge in [0.2, 0.25) is 0 Å². The predicted octanol–water partition coefficient (Wildman–Crippen LogP) is 2.99. The summed E-state index contributed by atoms with van der Waals surface area (Å²) in [5.41, 5.74) is 2.27. The van der Waals surface area contributed by atoms with Crippen LogP contribution < -0.4 is 10.6 Å². The van der Waals surface area contributed by atoms with Gasteiger partial charge >= 0.3 is 6.03 Å². The maximum absolute atomic E-state index is 12.8. The van der Waals surface area contributed by atoms with Crippen LogP contribution in [0.15, 0.2) is 48.5 Å². The van der Waals surface area contributed by atoms with E-state index in [9.17, 15) is 14.3 Å². The van der Waals surface area contributed by atoms with Gasteiger partial charge in [-0.1, -0.05) is 24.3 Å². The monoisotopic (exact) mass is 288 g/mol. The van der Waals surface area contributed by atoms with Crippen molar-refractivity contribution >= 4 is 11.7 Å². The molecule has 0 aliphatic carbocycles. The number of aliphatic hydroxyl groups excluding tert-OH is 1. The summed E-state index contributed by atoms with van der Waals surface area (Å²) in [6.45, 7) is 1.98. The number of amides is 2. The van der Waals surface area contributed by atoms with Crippen LogP contribution in [-0.2, 0) is 0 Å². The molecule has 4 nitrogen and oxygen atoms in total. The van der Waals surface area contributed by atoms with Gasteiger partial charge in [-0.2, -0.15) is 0 Å². The Kier molecular flexibility index (Phi) is 4.90. The van der Waals surface area contributed by atoms with Crippen molar-refractivity contribution in [1.29, 1.82) is 0 Å². The van der Waals surface area contributed by atoms with Crippen molar-refractivity contribution in [3.05, 3.63) is 65.5 Å². The van der Waals surface area contributed by atoms with Crippen molar-refractivity contribution < 1.29 is 14.3 Å². The van der Waals surface area contributed by atoms with E-state index in [0.717, 1.165) is 5.56 Å². The molecule has 3 N–H and O–H groups in total. The molecule has 0 unspecified atom stereocenters. The molecule has 0 heterocycles. The van der Waals surface area contributed by atoms with Crippen LogP contribution in [0.2, 0.25) is 0 Å². The van der Waals surface area contributed by atoms with E-state index >= 15 is 0 Å². The summed E-state index contributed by atoms with van der Waals surface area (Å²) in [6.07, 6.45) is -0.881. The topological polar surface area (TPSA) is 61.4 Å². The van der Waals surface area contributed by atoms with E-state index in [-0.39, 0.29) is 12.4 Å². The fourth-order valence-corrected chi connectivity index (χ4v) is 1.89. The van der Waals surface area contributed by atoms with Gasteiger partial charge in [-0.15, -0.1) is 0 Å². The lowest BCUT2D eigenvalue weighted by Gasteiger charge is -2.13. The number of nitrogens with one attached hydrogen (secondary N) is 2. The van der Waals surface area contributed by atoms with Gasteiger partial charge in [0.1, 0.15) is 5.82 Å². The van der Waals surface area contributed by atoms with E-state index in [1.807, 2.05) is 25.1 Å². The Hall–Kier alpha value is -2.40. The van der Waals surface area contributed by atoms with Crippen LogP contribution >= 0.6 is 0 Å². The number of carbonyl (C=O) groups excluding carboxylic acids is 1. The number of rotatable bonds is 4. The summed E-state index contributed by atoms with van der Waals surface area (Å²) in [7, 11) is 0. The average molecular weight is 288 g/mol. The normalized spacial score (nSPS) is 11.8. The molecule has 21 heavy (non-hydrogen) atoms. The van der Waals surface area contributed by atoms with Gasteiger partial charge in [0.25, 0.3) is 0 Å². The van der Waals surface area contributed by atoms with Crippen LogP contribution in [0.1, 0.15) is 17.2 Å². The third-order valence-corrected chi connectivity index (χ3v) is 2.99. The molecule has 2 aromatic rings. The SMILES string of the molecule is Cc1cccc(NC(=O)NC[C@@H](O)c2ccc(F)cc2)c1. The van der Waals surface area contributed by atoms with Crippen molar-refractivity contribution in [2.24, 2.45) is 0 Å². The Balaban J connectivity index is 1.84. The lowest BCUT2D eigenvalue weighted by molar-refractivity contribution is 0.175. The largest absolute Gasteiger partial charge is 0.387 e. The highest BCUT2D eigenvalue weighted by atomic mass is 19.1. The summed E-state index contributed by atoms with van der Waals surface area (Å²) >= 11 is 0. The molecule has 5 heteroatoms. The van der Waals surface area contributed by atoms with E-state index in [1.54, 1.807) is 6.07 Å². The van der Waals surface area contributed by atoms with Gasteiger partial charge in [0.05, 0.1) is 6.10 Å². The van der Waals surface area contributed by atoms with E-state index in [2.05, 4.69) is 10.6 Å². The first kappa shape index (κ1) is 15.0. The maximum Gasteiger partial charge on any atom is 0.319 e. The molecule has 110 valence electrons. The van der Waals surface area contributed by atoms with Crippen LogP contribution in [0.25, 0.3) is 0 Å². The average Bonchev–Trinajstić information content (AvgIpc) is 2.45. The quantitative estimate of drug-likeness (QED) is 0.810. The number of benzene rings is 2. The minimum atomic E-state index is -0.881. The van der Waals surface area contributed by atoms with Crippen LogP contribution in [0, 0.1) is 12.7 Å². The fraction of sp³-hybridized carbons (Fsp3) is 0.188. The zero-order chi connectivity index (χ0) is 15.2. The van der Waals surface area contributed by atoms with E-state index < -0.39 is 12.1 Å². The van der Waals surface area contributed by atoms with Crippen LogP contribution in [0.5, 0.6) is 0 Å². The van der Waals surface area contributed by atoms with E-state index in [4.69, 9.17) is 0 Å². The zero-order valence-electron chi connectivity index (χ0n) is 11.6. The molecule has 0 spiro atoms. The molecule has 0 saturated carbocycles. The number of urea groups is 1. The molecular formula is C16H17FN2O2. The van der Waals surface area contributed by atoms with Gasteiger partial charge in [0.15, 0.2) is 0 Å². The summed E-state index contributed by atoms with van der Waals surface area (Å²) in [5.74, 6) is -0.365. The first-order valence-corrected chi connectivity index (χ1v) is 6.59. The molecule has 0 aromatic heterocycles. The van der Waals surface area contributed by atoms with Gasteiger partial charge < -0.3 is 15.7 Å². The highest BCUT2D eigenvalue weighted by Crippen LogP contribution is 2.13. The van der Waals surface area contributed by atoms with Gasteiger partial charge in [-0.05, 0) is 42.3 Å². The molecule has 0 saturated heterocycles. The van der Waals surface area contributed by atoms with Crippen LogP contribution in [0.4, 0.5) is 14.9 Å². The van der Waals surface area contributed by atoms with Crippen molar-refractivity contribution in [2.75, 3.05) is 11.9 Å². The number of hydrogen-bond acceptors (Lipinski definition) is 2. The van der Waals surface area contributed by atoms with Crippen LogP contribution in [-0.4, -0.2) is 17.7 Å². The number of hydrogen-bond donors (Lipinski definition) is 3. The van der Waals surface area contributed by atoms with E-state index in [1.165, 1.54) is 24.3 Å². The Morgan fingerprint density at radius 1 is 1.24 bits per heavy atom. The molecule has 0 aliphatic heterocycles. The Labute approximate surface area is 122 Å². The predicted molar refractivity (Wildman–Crippen MR) is 79.6 cm³/mol. The van der Waals surface area contributed by atoms with Crippen molar-refractivity contribution in [3.8, 4) is 0 Å². The Morgan fingerprint density at radius 3 is 2.62 bits per heavy atom. The second-order valence-electron chi connectivity index (χ2n) is 4.77. The second-order valence-corrected chi connectivity index (χ2v) is 4.77. The Morgan fingerprint density at radius 2 is 1.95 bits per heavy atom. The molecule has 1 atom stereocenters. The summed E-state index contributed by atoms with van der Waals surface area (Å²) in [6, 6.07) is 12.5. The third kappa shape index (κ3) is 4.57. The molecule has 0 aliphatic rings.